The summed E-state index contributed by atoms with van der Waals surface area (Å²) in [5.74, 6) is -0.173. The highest BCUT2D eigenvalue weighted by molar-refractivity contribution is 6.35. The van der Waals surface area contributed by atoms with Gasteiger partial charge in [0.05, 0.1) is 21.6 Å². The van der Waals surface area contributed by atoms with Gasteiger partial charge in [0.1, 0.15) is 11.0 Å². The van der Waals surface area contributed by atoms with Crippen molar-refractivity contribution in [2.24, 2.45) is 5.73 Å². The fourth-order valence-electron chi connectivity index (χ4n) is 2.64. The Hall–Kier alpha value is -2.28. The van der Waals surface area contributed by atoms with Crippen molar-refractivity contribution in [2.45, 2.75) is 6.92 Å². The summed E-state index contributed by atoms with van der Waals surface area (Å²) in [4.78, 5) is 21.8. The molecule has 0 bridgehead atoms. The maximum Gasteiger partial charge on any atom is 0.253 e. The highest BCUT2D eigenvalue weighted by Gasteiger charge is 2.14. The molecule has 3 aromatic rings. The summed E-state index contributed by atoms with van der Waals surface area (Å²) in [5.41, 5.74) is 9.48. The zero-order valence-corrected chi connectivity index (χ0v) is 14.7. The van der Waals surface area contributed by atoms with Crippen molar-refractivity contribution in [1.82, 2.24) is 20.6 Å². The van der Waals surface area contributed by atoms with Gasteiger partial charge in [0, 0.05) is 26.2 Å². The summed E-state index contributed by atoms with van der Waals surface area (Å²) in [6.07, 6.45) is 0. The van der Waals surface area contributed by atoms with Gasteiger partial charge in [-0.15, -0.1) is 0 Å². The van der Waals surface area contributed by atoms with Crippen LogP contribution in [0.25, 0.3) is 22.1 Å². The van der Waals surface area contributed by atoms with Gasteiger partial charge in [-0.3, -0.25) is 4.79 Å². The normalized spacial score (nSPS) is 11.2. The summed E-state index contributed by atoms with van der Waals surface area (Å²) in [5, 5.41) is 6.57. The van der Waals surface area contributed by atoms with Crippen LogP contribution in [0.1, 0.15) is 15.9 Å². The zero-order chi connectivity index (χ0) is 17.8. The summed E-state index contributed by atoms with van der Waals surface area (Å²) >= 11 is 6.24. The molecule has 0 fully saturated rings. The first-order chi connectivity index (χ1) is 12.1. The molecule has 0 aliphatic carbocycles. The number of aryl methyl sites for hydroxylation is 1. The van der Waals surface area contributed by atoms with Gasteiger partial charge in [-0.1, -0.05) is 23.7 Å². The van der Waals surface area contributed by atoms with E-state index in [4.69, 9.17) is 17.3 Å². The lowest BCUT2D eigenvalue weighted by molar-refractivity contribution is 0.0955. The predicted molar refractivity (Wildman–Crippen MR) is 101 cm³/mol. The molecule has 0 aliphatic rings. The Morgan fingerprint density at radius 3 is 2.72 bits per heavy atom. The van der Waals surface area contributed by atoms with Crippen molar-refractivity contribution in [1.29, 1.82) is 0 Å². The predicted octanol–water partition coefficient (Wildman–Crippen LogP) is 2.02. The molecule has 4 N–H and O–H groups in total. The standard InChI is InChI=1S/C18H20ClN5O/c1-11-5-6-13(19)17-15(11)24-16-12(3-2-4-14(16)23-17)18(25)22-10-9-21-8-7-20/h2-6,21H,7-10,20H2,1H3,(H,22,25). The van der Waals surface area contributed by atoms with E-state index in [2.05, 4.69) is 20.6 Å². The number of carbonyl (C=O) groups excluding carboxylic acids is 1. The Morgan fingerprint density at radius 1 is 1.08 bits per heavy atom. The average Bonchev–Trinajstić information content (AvgIpc) is 2.63. The Labute approximate surface area is 150 Å². The minimum Gasteiger partial charge on any atom is -0.351 e. The molecule has 0 spiro atoms. The minimum absolute atomic E-state index is 0.173. The lowest BCUT2D eigenvalue weighted by atomic mass is 10.1. The molecule has 3 rings (SSSR count). The van der Waals surface area contributed by atoms with Crippen LogP contribution in [0.3, 0.4) is 0 Å². The van der Waals surface area contributed by atoms with E-state index in [0.29, 0.717) is 52.3 Å². The van der Waals surface area contributed by atoms with Gasteiger partial charge in [-0.25, -0.2) is 9.97 Å². The van der Waals surface area contributed by atoms with E-state index in [0.717, 1.165) is 12.1 Å². The van der Waals surface area contributed by atoms with E-state index in [9.17, 15) is 4.79 Å². The van der Waals surface area contributed by atoms with Crippen LogP contribution in [-0.4, -0.2) is 42.1 Å². The zero-order valence-electron chi connectivity index (χ0n) is 14.0. The Balaban J connectivity index is 1.94. The number of amides is 1. The first-order valence-corrected chi connectivity index (χ1v) is 8.54. The number of rotatable bonds is 6. The first kappa shape index (κ1) is 17.5. The van der Waals surface area contributed by atoms with E-state index in [1.54, 1.807) is 12.1 Å². The Bertz CT molecular complexity index is 928. The monoisotopic (exact) mass is 357 g/mol. The van der Waals surface area contributed by atoms with Crippen molar-refractivity contribution < 1.29 is 4.79 Å². The lowest BCUT2D eigenvalue weighted by Gasteiger charge is -2.10. The largest absolute Gasteiger partial charge is 0.351 e. The Kier molecular flexibility index (Phi) is 5.43. The van der Waals surface area contributed by atoms with Gasteiger partial charge in [0.25, 0.3) is 5.91 Å². The molecule has 6 nitrogen and oxygen atoms in total. The van der Waals surface area contributed by atoms with Gasteiger partial charge in [-0.2, -0.15) is 0 Å². The summed E-state index contributed by atoms with van der Waals surface area (Å²) in [6, 6.07) is 9.10. The lowest BCUT2D eigenvalue weighted by Crippen LogP contribution is -2.33. The fraction of sp³-hybridized carbons (Fsp3) is 0.278. The van der Waals surface area contributed by atoms with Crippen LogP contribution in [0.5, 0.6) is 0 Å². The molecular weight excluding hydrogens is 338 g/mol. The van der Waals surface area contributed by atoms with E-state index in [1.807, 2.05) is 25.1 Å². The number of hydrogen-bond acceptors (Lipinski definition) is 5. The number of hydrogen-bond donors (Lipinski definition) is 3. The molecule has 0 saturated carbocycles. The quantitative estimate of drug-likeness (QED) is 0.463. The van der Waals surface area contributed by atoms with Crippen LogP contribution in [0, 0.1) is 6.92 Å². The van der Waals surface area contributed by atoms with Crippen LogP contribution in [0.2, 0.25) is 5.02 Å². The molecule has 0 aliphatic heterocycles. The van der Waals surface area contributed by atoms with Crippen molar-refractivity contribution in [2.75, 3.05) is 26.2 Å². The van der Waals surface area contributed by atoms with Crippen molar-refractivity contribution in [3.8, 4) is 0 Å². The molecule has 0 saturated heterocycles. The number of halogens is 1. The topological polar surface area (TPSA) is 92.9 Å². The average molecular weight is 358 g/mol. The third-order valence-electron chi connectivity index (χ3n) is 3.93. The second-order valence-corrected chi connectivity index (χ2v) is 6.16. The second-order valence-electron chi connectivity index (χ2n) is 5.75. The molecule has 1 heterocycles. The molecule has 0 unspecified atom stereocenters. The number of para-hydroxylation sites is 1. The van der Waals surface area contributed by atoms with Crippen LogP contribution < -0.4 is 16.4 Å². The highest BCUT2D eigenvalue weighted by Crippen LogP contribution is 2.26. The van der Waals surface area contributed by atoms with Gasteiger partial charge in [0.2, 0.25) is 0 Å². The molecular formula is C18H20ClN5O. The molecule has 0 radical (unpaired) electrons. The number of fused-ring (bicyclic) bond motifs is 2. The second kappa shape index (κ2) is 7.74. The maximum absolute atomic E-state index is 12.5. The van der Waals surface area contributed by atoms with Crippen molar-refractivity contribution in [3.63, 3.8) is 0 Å². The molecule has 25 heavy (non-hydrogen) atoms. The fourth-order valence-corrected chi connectivity index (χ4v) is 2.84. The highest BCUT2D eigenvalue weighted by atomic mass is 35.5. The third kappa shape index (κ3) is 3.71. The van der Waals surface area contributed by atoms with Crippen LogP contribution in [-0.2, 0) is 0 Å². The number of carbonyl (C=O) groups is 1. The van der Waals surface area contributed by atoms with Crippen LogP contribution in [0.15, 0.2) is 30.3 Å². The molecule has 0 atom stereocenters. The van der Waals surface area contributed by atoms with Crippen molar-refractivity contribution >= 4 is 39.6 Å². The summed E-state index contributed by atoms with van der Waals surface area (Å²) < 4.78 is 0. The van der Waals surface area contributed by atoms with Gasteiger partial charge < -0.3 is 16.4 Å². The first-order valence-electron chi connectivity index (χ1n) is 8.16. The number of aromatic nitrogens is 2. The number of benzene rings is 2. The van der Waals surface area contributed by atoms with Crippen LogP contribution >= 0.6 is 11.6 Å². The summed E-state index contributed by atoms with van der Waals surface area (Å²) in [7, 11) is 0. The molecule has 2 aromatic carbocycles. The number of nitrogens with one attached hydrogen (secondary N) is 2. The number of nitrogens with two attached hydrogens (primary N) is 1. The minimum atomic E-state index is -0.173. The van der Waals surface area contributed by atoms with E-state index in [-0.39, 0.29) is 5.91 Å². The van der Waals surface area contributed by atoms with Gasteiger partial charge >= 0.3 is 0 Å². The molecule has 1 amide bonds. The smallest absolute Gasteiger partial charge is 0.253 e. The van der Waals surface area contributed by atoms with Gasteiger partial charge in [0.15, 0.2) is 0 Å². The molecule has 1 aromatic heterocycles. The number of nitrogens with zero attached hydrogens (tertiary/aromatic N) is 2. The molecule has 130 valence electrons. The van der Waals surface area contributed by atoms with E-state index in [1.165, 1.54) is 0 Å². The SMILES string of the molecule is Cc1ccc(Cl)c2nc3cccc(C(=O)NCCNCCN)c3nc12. The van der Waals surface area contributed by atoms with Crippen molar-refractivity contribution in [3.05, 3.63) is 46.5 Å². The maximum atomic E-state index is 12.5. The van der Waals surface area contributed by atoms with E-state index >= 15 is 0 Å². The van der Waals surface area contributed by atoms with Gasteiger partial charge in [-0.05, 0) is 30.7 Å². The Morgan fingerprint density at radius 2 is 1.92 bits per heavy atom. The van der Waals surface area contributed by atoms with Crippen LogP contribution in [0.4, 0.5) is 0 Å². The third-order valence-corrected chi connectivity index (χ3v) is 4.23. The van der Waals surface area contributed by atoms with E-state index < -0.39 is 0 Å². The molecule has 7 heteroatoms. The summed E-state index contributed by atoms with van der Waals surface area (Å²) in [6.45, 7) is 4.42.